The van der Waals surface area contributed by atoms with Crippen molar-refractivity contribution in [2.75, 3.05) is 5.32 Å². The maximum Gasteiger partial charge on any atom is 0.232 e. The summed E-state index contributed by atoms with van der Waals surface area (Å²) in [5.74, 6) is -0.0897. The number of aromatic nitrogens is 2. The second-order valence-electron chi connectivity index (χ2n) is 4.76. The Hall–Kier alpha value is -2.05. The fourth-order valence-corrected chi connectivity index (χ4v) is 3.39. The van der Waals surface area contributed by atoms with Crippen LogP contribution in [0.15, 0.2) is 41.2 Å². The minimum atomic E-state index is -0.0897. The van der Waals surface area contributed by atoms with Gasteiger partial charge in [-0.05, 0) is 12.0 Å². The molecule has 0 atom stereocenters. The van der Waals surface area contributed by atoms with Gasteiger partial charge < -0.3 is 5.32 Å². The zero-order valence-corrected chi connectivity index (χ0v) is 13.7. The number of hydrogen-bond acceptors (Lipinski definition) is 5. The van der Waals surface area contributed by atoms with E-state index in [-0.39, 0.29) is 12.3 Å². The predicted molar refractivity (Wildman–Crippen MR) is 91.4 cm³/mol. The molecule has 0 aliphatic rings. The third-order valence-electron chi connectivity index (χ3n) is 3.18. The maximum absolute atomic E-state index is 11.9. The Kier molecular flexibility index (Phi) is 4.60. The lowest BCUT2D eigenvalue weighted by atomic mass is 10.1. The van der Waals surface area contributed by atoms with Gasteiger partial charge in [0.1, 0.15) is 5.01 Å². The van der Waals surface area contributed by atoms with Crippen molar-refractivity contribution in [2.24, 2.45) is 0 Å². The van der Waals surface area contributed by atoms with Crippen molar-refractivity contribution in [2.45, 2.75) is 19.8 Å². The number of nitrogens with one attached hydrogen (secondary N) is 1. The van der Waals surface area contributed by atoms with Crippen LogP contribution >= 0.6 is 22.7 Å². The first-order chi connectivity index (χ1) is 10.7. The quantitative estimate of drug-likeness (QED) is 0.769. The number of benzene rings is 1. The first-order valence-electron chi connectivity index (χ1n) is 6.97. The van der Waals surface area contributed by atoms with Crippen molar-refractivity contribution in [1.82, 2.24) is 9.97 Å². The van der Waals surface area contributed by atoms with Crippen LogP contribution in [0.2, 0.25) is 0 Å². The average molecular weight is 329 g/mol. The molecule has 1 aromatic carbocycles. The Balaban J connectivity index is 1.66. The van der Waals surface area contributed by atoms with E-state index in [0.717, 1.165) is 22.7 Å². The zero-order valence-electron chi connectivity index (χ0n) is 12.1. The smallest absolute Gasteiger partial charge is 0.232 e. The minimum absolute atomic E-state index is 0.0897. The van der Waals surface area contributed by atoms with Gasteiger partial charge >= 0.3 is 0 Å². The summed E-state index contributed by atoms with van der Waals surface area (Å²) < 4.78 is 0. The summed E-state index contributed by atoms with van der Waals surface area (Å²) in [6.45, 7) is 2.14. The highest BCUT2D eigenvalue weighted by Crippen LogP contribution is 2.24. The number of hydrogen-bond donors (Lipinski definition) is 1. The lowest BCUT2D eigenvalue weighted by molar-refractivity contribution is -0.115. The van der Waals surface area contributed by atoms with Crippen LogP contribution in [-0.4, -0.2) is 15.9 Å². The number of amides is 1. The first-order valence-corrected chi connectivity index (χ1v) is 8.73. The number of carbonyl (C=O) groups is 1. The summed E-state index contributed by atoms with van der Waals surface area (Å²) in [5, 5.41) is 8.10. The van der Waals surface area contributed by atoms with E-state index < -0.39 is 0 Å². The number of carbonyl (C=O) groups excluding carboxylic acids is 1. The zero-order chi connectivity index (χ0) is 15.4. The summed E-state index contributed by atoms with van der Waals surface area (Å²) in [5.41, 5.74) is 3.19. The average Bonchev–Trinajstić information content (AvgIpc) is 3.19. The summed E-state index contributed by atoms with van der Waals surface area (Å²) in [6.07, 6.45) is 2.96. The number of aryl methyl sites for hydroxylation is 1. The highest BCUT2D eigenvalue weighted by Gasteiger charge is 2.10. The molecule has 1 amide bonds. The van der Waals surface area contributed by atoms with Crippen LogP contribution < -0.4 is 5.32 Å². The fourth-order valence-electron chi connectivity index (χ4n) is 2.02. The molecule has 1 N–H and O–H groups in total. The van der Waals surface area contributed by atoms with Gasteiger partial charge in [-0.25, -0.2) is 9.97 Å². The molecule has 0 radical (unpaired) electrons. The molecule has 2 aromatic heterocycles. The molecule has 2 heterocycles. The molecule has 0 spiro atoms. The molecule has 0 saturated carbocycles. The van der Waals surface area contributed by atoms with Crippen molar-refractivity contribution in [3.63, 3.8) is 0 Å². The Morgan fingerprint density at radius 2 is 2.05 bits per heavy atom. The van der Waals surface area contributed by atoms with Crippen LogP contribution in [0.3, 0.4) is 0 Å². The van der Waals surface area contributed by atoms with Gasteiger partial charge in [-0.3, -0.25) is 4.79 Å². The molecule has 0 aliphatic carbocycles. The lowest BCUT2D eigenvalue weighted by Crippen LogP contribution is -2.14. The topological polar surface area (TPSA) is 54.9 Å². The van der Waals surface area contributed by atoms with E-state index in [1.165, 1.54) is 16.9 Å². The predicted octanol–water partition coefficient (Wildman–Crippen LogP) is 4.01. The third-order valence-corrected chi connectivity index (χ3v) is 4.81. The molecule has 6 heteroatoms. The molecule has 0 unspecified atom stereocenters. The number of anilines is 1. The highest BCUT2D eigenvalue weighted by atomic mass is 32.1. The van der Waals surface area contributed by atoms with Gasteiger partial charge in [0, 0.05) is 22.5 Å². The second kappa shape index (κ2) is 6.81. The molecule has 0 saturated heterocycles. The Bertz CT molecular complexity index is 748. The maximum atomic E-state index is 11.9. The van der Waals surface area contributed by atoms with Gasteiger partial charge in [-0.15, -0.1) is 22.7 Å². The Morgan fingerprint density at radius 1 is 1.23 bits per heavy atom. The van der Waals surface area contributed by atoms with Crippen LogP contribution in [-0.2, 0) is 17.6 Å². The molecule has 0 bridgehead atoms. The SMILES string of the molecule is CCc1ccc(-c2nc(CC(=O)Nc3nccs3)cs2)cc1. The summed E-state index contributed by atoms with van der Waals surface area (Å²) in [7, 11) is 0. The van der Waals surface area contributed by atoms with Crippen molar-refractivity contribution in [3.8, 4) is 10.6 Å². The Labute approximate surface area is 136 Å². The van der Waals surface area contributed by atoms with Gasteiger partial charge in [0.2, 0.25) is 5.91 Å². The van der Waals surface area contributed by atoms with Crippen molar-refractivity contribution >= 4 is 33.7 Å². The van der Waals surface area contributed by atoms with Crippen molar-refractivity contribution < 1.29 is 4.79 Å². The van der Waals surface area contributed by atoms with E-state index in [9.17, 15) is 4.79 Å². The molecule has 22 heavy (non-hydrogen) atoms. The Morgan fingerprint density at radius 3 is 2.73 bits per heavy atom. The van der Waals surface area contributed by atoms with Gasteiger partial charge in [0.15, 0.2) is 5.13 Å². The normalized spacial score (nSPS) is 10.6. The van der Waals surface area contributed by atoms with Gasteiger partial charge in [-0.2, -0.15) is 0 Å². The molecule has 0 fully saturated rings. The lowest BCUT2D eigenvalue weighted by Gasteiger charge is -2.00. The molecular weight excluding hydrogens is 314 g/mol. The molecular formula is C16H15N3OS2. The second-order valence-corrected chi connectivity index (χ2v) is 6.51. The van der Waals surface area contributed by atoms with Crippen LogP contribution in [0.5, 0.6) is 0 Å². The fraction of sp³-hybridized carbons (Fsp3) is 0.188. The third kappa shape index (κ3) is 3.58. The number of rotatable bonds is 5. The van der Waals surface area contributed by atoms with Crippen LogP contribution in [0.1, 0.15) is 18.2 Å². The van der Waals surface area contributed by atoms with E-state index >= 15 is 0 Å². The van der Waals surface area contributed by atoms with Crippen LogP contribution in [0, 0.1) is 0 Å². The van der Waals surface area contributed by atoms with E-state index in [2.05, 4.69) is 46.5 Å². The van der Waals surface area contributed by atoms with Crippen molar-refractivity contribution in [3.05, 3.63) is 52.5 Å². The van der Waals surface area contributed by atoms with E-state index in [1.807, 2.05) is 10.8 Å². The van der Waals surface area contributed by atoms with Gasteiger partial charge in [0.05, 0.1) is 12.1 Å². The van der Waals surface area contributed by atoms with Gasteiger partial charge in [-0.1, -0.05) is 31.2 Å². The standard InChI is InChI=1S/C16H15N3OS2/c1-2-11-3-5-12(6-4-11)15-18-13(10-22-15)9-14(20)19-16-17-7-8-21-16/h3-8,10H,2,9H2,1H3,(H,17,19,20). The van der Waals surface area contributed by atoms with Crippen molar-refractivity contribution in [1.29, 1.82) is 0 Å². The minimum Gasteiger partial charge on any atom is -0.302 e. The van der Waals surface area contributed by atoms with E-state index in [0.29, 0.717) is 5.13 Å². The highest BCUT2D eigenvalue weighted by molar-refractivity contribution is 7.13. The summed E-state index contributed by atoms with van der Waals surface area (Å²) in [4.78, 5) is 20.5. The first kappa shape index (κ1) is 14.9. The molecule has 3 rings (SSSR count). The van der Waals surface area contributed by atoms with E-state index in [1.54, 1.807) is 17.5 Å². The molecule has 3 aromatic rings. The summed E-state index contributed by atoms with van der Waals surface area (Å²) >= 11 is 2.97. The molecule has 0 aliphatic heterocycles. The molecule has 4 nitrogen and oxygen atoms in total. The molecule has 112 valence electrons. The number of nitrogens with zero attached hydrogens (tertiary/aromatic N) is 2. The monoisotopic (exact) mass is 329 g/mol. The van der Waals surface area contributed by atoms with E-state index in [4.69, 9.17) is 0 Å². The van der Waals surface area contributed by atoms with Crippen LogP contribution in [0.25, 0.3) is 10.6 Å². The summed E-state index contributed by atoms with van der Waals surface area (Å²) in [6, 6.07) is 8.39. The largest absolute Gasteiger partial charge is 0.302 e. The number of thiazole rings is 2. The van der Waals surface area contributed by atoms with Crippen LogP contribution in [0.4, 0.5) is 5.13 Å². The van der Waals surface area contributed by atoms with Gasteiger partial charge in [0.25, 0.3) is 0 Å².